The van der Waals surface area contributed by atoms with E-state index in [1.807, 2.05) is 12.1 Å². The highest BCUT2D eigenvalue weighted by Gasteiger charge is 2.21. The zero-order valence-corrected chi connectivity index (χ0v) is 8.89. The topological polar surface area (TPSA) is 66.4 Å². The number of aromatic nitrogens is 1. The monoisotopic (exact) mass is 218 g/mol. The third-order valence-corrected chi connectivity index (χ3v) is 2.47. The lowest BCUT2D eigenvalue weighted by Crippen LogP contribution is -2.38. The van der Waals surface area contributed by atoms with Gasteiger partial charge in [-0.15, -0.1) is 0 Å². The van der Waals surface area contributed by atoms with Crippen molar-refractivity contribution in [3.8, 4) is 0 Å². The zero-order chi connectivity index (χ0) is 11.2. The molecule has 2 rings (SSSR count). The molecule has 0 unspecified atom stereocenters. The fourth-order valence-corrected chi connectivity index (χ4v) is 1.61. The van der Waals surface area contributed by atoms with E-state index in [0.29, 0.717) is 0 Å². The number of nitrogens with zero attached hydrogens (tertiary/aromatic N) is 2. The summed E-state index contributed by atoms with van der Waals surface area (Å²) >= 11 is 0. The Hall–Kier alpha value is -1.75. The van der Waals surface area contributed by atoms with E-state index in [0.717, 1.165) is 24.9 Å². The lowest BCUT2D eigenvalue weighted by atomic mass is 10.2. The van der Waals surface area contributed by atoms with Crippen LogP contribution in [0.3, 0.4) is 0 Å². The van der Waals surface area contributed by atoms with Crippen molar-refractivity contribution in [2.45, 2.75) is 18.9 Å². The first-order chi connectivity index (χ1) is 7.86. The molecule has 0 aromatic carbocycles. The van der Waals surface area contributed by atoms with Crippen molar-refractivity contribution in [1.29, 1.82) is 0 Å². The van der Waals surface area contributed by atoms with E-state index in [4.69, 9.17) is 0 Å². The van der Waals surface area contributed by atoms with Gasteiger partial charge in [0.2, 0.25) is 0 Å². The summed E-state index contributed by atoms with van der Waals surface area (Å²) in [6.45, 7) is 0.909. The van der Waals surface area contributed by atoms with Gasteiger partial charge in [-0.1, -0.05) is 0 Å². The number of hydrazone groups is 1. The normalized spacial score (nSPS) is 20.1. The first-order valence-electron chi connectivity index (χ1n) is 5.32. The van der Waals surface area contributed by atoms with E-state index in [1.54, 1.807) is 18.6 Å². The van der Waals surface area contributed by atoms with Crippen LogP contribution in [0.1, 0.15) is 18.4 Å². The third-order valence-electron chi connectivity index (χ3n) is 2.47. The van der Waals surface area contributed by atoms with Gasteiger partial charge in [-0.3, -0.25) is 9.78 Å². The molecule has 1 saturated heterocycles. The van der Waals surface area contributed by atoms with Crippen LogP contribution in [0.2, 0.25) is 0 Å². The SMILES string of the molecule is O=C(NN=Cc1ccncc1)[C@@H]1CCCN1. The summed E-state index contributed by atoms with van der Waals surface area (Å²) in [4.78, 5) is 15.4. The molecule has 0 saturated carbocycles. The molecule has 5 nitrogen and oxygen atoms in total. The highest BCUT2D eigenvalue weighted by molar-refractivity contribution is 5.84. The van der Waals surface area contributed by atoms with Crippen LogP contribution in [0.15, 0.2) is 29.6 Å². The zero-order valence-electron chi connectivity index (χ0n) is 8.89. The van der Waals surface area contributed by atoms with E-state index in [-0.39, 0.29) is 11.9 Å². The molecule has 1 aliphatic rings. The summed E-state index contributed by atoms with van der Waals surface area (Å²) in [7, 11) is 0. The quantitative estimate of drug-likeness (QED) is 0.566. The second kappa shape index (κ2) is 5.37. The minimum Gasteiger partial charge on any atom is -0.306 e. The fraction of sp³-hybridized carbons (Fsp3) is 0.364. The largest absolute Gasteiger partial charge is 0.306 e. The molecule has 1 atom stereocenters. The average molecular weight is 218 g/mol. The van der Waals surface area contributed by atoms with Crippen molar-refractivity contribution >= 4 is 12.1 Å². The Kier molecular flexibility index (Phi) is 3.61. The van der Waals surface area contributed by atoms with Crippen molar-refractivity contribution in [1.82, 2.24) is 15.7 Å². The second-order valence-corrected chi connectivity index (χ2v) is 3.66. The van der Waals surface area contributed by atoms with E-state index in [1.165, 1.54) is 0 Å². The van der Waals surface area contributed by atoms with Gasteiger partial charge in [0.05, 0.1) is 12.3 Å². The Morgan fingerprint density at radius 3 is 3.06 bits per heavy atom. The molecule has 5 heteroatoms. The number of nitrogens with one attached hydrogen (secondary N) is 2. The minimum absolute atomic E-state index is 0.0668. The molecule has 1 aromatic rings. The number of hydrogen-bond acceptors (Lipinski definition) is 4. The summed E-state index contributed by atoms with van der Waals surface area (Å²) in [6.07, 6.45) is 6.90. The molecule has 1 aliphatic heterocycles. The van der Waals surface area contributed by atoms with Crippen LogP contribution in [0.5, 0.6) is 0 Å². The maximum absolute atomic E-state index is 11.5. The Morgan fingerprint density at radius 1 is 1.56 bits per heavy atom. The molecule has 0 bridgehead atoms. The maximum Gasteiger partial charge on any atom is 0.257 e. The van der Waals surface area contributed by atoms with Gasteiger partial charge in [0.1, 0.15) is 0 Å². The fourth-order valence-electron chi connectivity index (χ4n) is 1.61. The van der Waals surface area contributed by atoms with Crippen molar-refractivity contribution in [3.63, 3.8) is 0 Å². The van der Waals surface area contributed by atoms with Crippen molar-refractivity contribution in [3.05, 3.63) is 30.1 Å². The van der Waals surface area contributed by atoms with E-state index in [9.17, 15) is 4.79 Å². The van der Waals surface area contributed by atoms with Gasteiger partial charge in [0, 0.05) is 12.4 Å². The number of hydrogen-bond donors (Lipinski definition) is 2. The van der Waals surface area contributed by atoms with Crippen LogP contribution < -0.4 is 10.7 Å². The first kappa shape index (κ1) is 10.8. The Labute approximate surface area is 94.0 Å². The predicted molar refractivity (Wildman–Crippen MR) is 61.0 cm³/mol. The molecule has 0 spiro atoms. The molecule has 2 heterocycles. The maximum atomic E-state index is 11.5. The van der Waals surface area contributed by atoms with E-state index >= 15 is 0 Å². The number of rotatable bonds is 3. The van der Waals surface area contributed by atoms with Crippen molar-refractivity contribution < 1.29 is 4.79 Å². The van der Waals surface area contributed by atoms with E-state index < -0.39 is 0 Å². The van der Waals surface area contributed by atoms with Gasteiger partial charge >= 0.3 is 0 Å². The molecule has 0 radical (unpaired) electrons. The summed E-state index contributed by atoms with van der Waals surface area (Å²) in [6, 6.07) is 3.56. The second-order valence-electron chi connectivity index (χ2n) is 3.66. The number of carbonyl (C=O) groups excluding carboxylic acids is 1. The van der Waals surface area contributed by atoms with Crippen LogP contribution in [0.4, 0.5) is 0 Å². The Morgan fingerprint density at radius 2 is 2.38 bits per heavy atom. The van der Waals surface area contributed by atoms with Gasteiger partial charge in [0.25, 0.3) is 5.91 Å². The molecule has 1 fully saturated rings. The number of pyridine rings is 1. The molecular formula is C11H14N4O. The van der Waals surface area contributed by atoms with Gasteiger partial charge in [-0.2, -0.15) is 5.10 Å². The van der Waals surface area contributed by atoms with Crippen LogP contribution in [0.25, 0.3) is 0 Å². The number of amides is 1. The predicted octanol–water partition coefficient (Wildman–Crippen LogP) is 0.284. The molecule has 1 aromatic heterocycles. The van der Waals surface area contributed by atoms with Crippen LogP contribution in [0, 0.1) is 0 Å². The molecule has 16 heavy (non-hydrogen) atoms. The molecule has 2 N–H and O–H groups in total. The average Bonchev–Trinajstić information content (AvgIpc) is 2.84. The smallest absolute Gasteiger partial charge is 0.257 e. The van der Waals surface area contributed by atoms with Crippen molar-refractivity contribution in [2.24, 2.45) is 5.10 Å². The number of carbonyl (C=O) groups is 1. The molecule has 0 aliphatic carbocycles. The highest BCUT2D eigenvalue weighted by Crippen LogP contribution is 2.04. The summed E-state index contributed by atoms with van der Waals surface area (Å²) in [5, 5.41) is 7.00. The van der Waals surface area contributed by atoms with E-state index in [2.05, 4.69) is 20.8 Å². The Bertz CT molecular complexity index is 371. The first-order valence-corrected chi connectivity index (χ1v) is 5.32. The third kappa shape index (κ3) is 2.87. The van der Waals surface area contributed by atoms with Crippen molar-refractivity contribution in [2.75, 3.05) is 6.54 Å². The summed E-state index contributed by atoms with van der Waals surface area (Å²) in [5.41, 5.74) is 3.43. The summed E-state index contributed by atoms with van der Waals surface area (Å²) < 4.78 is 0. The van der Waals surface area contributed by atoms with Crippen LogP contribution >= 0.6 is 0 Å². The molecule has 84 valence electrons. The lowest BCUT2D eigenvalue weighted by Gasteiger charge is -2.06. The Balaban J connectivity index is 1.82. The lowest BCUT2D eigenvalue weighted by molar-refractivity contribution is -0.122. The van der Waals surface area contributed by atoms with Gasteiger partial charge in [-0.05, 0) is 37.1 Å². The standard InChI is InChI=1S/C11H14N4O/c16-11(10-2-1-5-13-10)15-14-8-9-3-6-12-7-4-9/h3-4,6-8,10,13H,1-2,5H2,(H,15,16)/t10-/m0/s1. The van der Waals surface area contributed by atoms with Gasteiger partial charge < -0.3 is 5.32 Å². The molecular weight excluding hydrogens is 204 g/mol. The van der Waals surface area contributed by atoms with Crippen LogP contribution in [-0.4, -0.2) is 29.7 Å². The van der Waals surface area contributed by atoms with Gasteiger partial charge in [0.15, 0.2) is 0 Å². The molecule has 1 amide bonds. The highest BCUT2D eigenvalue weighted by atomic mass is 16.2. The minimum atomic E-state index is -0.0883. The van der Waals surface area contributed by atoms with Crippen LogP contribution in [-0.2, 0) is 4.79 Å². The van der Waals surface area contributed by atoms with Gasteiger partial charge in [-0.25, -0.2) is 5.43 Å². The summed E-state index contributed by atoms with van der Waals surface area (Å²) in [5.74, 6) is -0.0668.